The van der Waals surface area contributed by atoms with Gasteiger partial charge in [-0.25, -0.2) is 0 Å². The predicted molar refractivity (Wildman–Crippen MR) is 85.5 cm³/mol. The van der Waals surface area contributed by atoms with Crippen LogP contribution < -0.4 is 11.1 Å². The Bertz CT molecular complexity index is 493. The molecule has 0 saturated carbocycles. The molecule has 5 heteroatoms. The number of nitrogens with one attached hydrogen (secondary N) is 1. The van der Waals surface area contributed by atoms with Crippen LogP contribution in [0.15, 0.2) is 23.3 Å². The molecular formula is C16H26N4O. The first-order chi connectivity index (χ1) is 9.99. The van der Waals surface area contributed by atoms with Gasteiger partial charge in [0, 0.05) is 24.8 Å². The van der Waals surface area contributed by atoms with E-state index in [1.807, 2.05) is 12.3 Å². The number of hydrogen-bond donors (Lipinski definition) is 2. The van der Waals surface area contributed by atoms with Gasteiger partial charge in [0.15, 0.2) is 5.96 Å². The lowest BCUT2D eigenvalue weighted by molar-refractivity contribution is 0.114. The molecule has 0 aromatic carbocycles. The highest BCUT2D eigenvalue weighted by Crippen LogP contribution is 2.24. The lowest BCUT2D eigenvalue weighted by atomic mass is 9.86. The summed E-state index contributed by atoms with van der Waals surface area (Å²) in [7, 11) is 0. The zero-order valence-electron chi connectivity index (χ0n) is 13.2. The summed E-state index contributed by atoms with van der Waals surface area (Å²) in [6, 6.07) is 4.03. The SMILES string of the molecule is Cc1cccnc1C(C)(C)CN=C(N)NCC1CCCO1. The fourth-order valence-corrected chi connectivity index (χ4v) is 2.63. The molecule has 0 radical (unpaired) electrons. The van der Waals surface area contributed by atoms with Crippen molar-refractivity contribution in [3.8, 4) is 0 Å². The van der Waals surface area contributed by atoms with Crippen LogP contribution in [0.25, 0.3) is 0 Å². The van der Waals surface area contributed by atoms with Crippen LogP contribution in [0.4, 0.5) is 0 Å². The number of hydrogen-bond acceptors (Lipinski definition) is 3. The Morgan fingerprint density at radius 3 is 3.05 bits per heavy atom. The van der Waals surface area contributed by atoms with Gasteiger partial charge >= 0.3 is 0 Å². The van der Waals surface area contributed by atoms with Crippen LogP contribution in [-0.2, 0) is 10.2 Å². The van der Waals surface area contributed by atoms with E-state index in [4.69, 9.17) is 10.5 Å². The van der Waals surface area contributed by atoms with Gasteiger partial charge in [0.2, 0.25) is 0 Å². The Morgan fingerprint density at radius 2 is 2.38 bits per heavy atom. The quantitative estimate of drug-likeness (QED) is 0.640. The average molecular weight is 290 g/mol. The summed E-state index contributed by atoms with van der Waals surface area (Å²) in [6.45, 7) is 8.55. The summed E-state index contributed by atoms with van der Waals surface area (Å²) < 4.78 is 5.55. The van der Waals surface area contributed by atoms with Crippen LogP contribution in [-0.4, -0.2) is 36.7 Å². The molecule has 116 valence electrons. The van der Waals surface area contributed by atoms with E-state index in [2.05, 4.69) is 42.1 Å². The summed E-state index contributed by atoms with van der Waals surface area (Å²) in [5.74, 6) is 0.479. The van der Waals surface area contributed by atoms with Gasteiger partial charge in [0.25, 0.3) is 0 Å². The molecule has 1 unspecified atom stereocenters. The summed E-state index contributed by atoms with van der Waals surface area (Å²) in [6.07, 6.45) is 4.32. The third-order valence-corrected chi connectivity index (χ3v) is 3.83. The molecule has 0 aliphatic carbocycles. The number of nitrogens with two attached hydrogens (primary N) is 1. The predicted octanol–water partition coefficient (Wildman–Crippen LogP) is 1.75. The van der Waals surface area contributed by atoms with Gasteiger partial charge in [-0.3, -0.25) is 9.98 Å². The van der Waals surface area contributed by atoms with Crippen molar-refractivity contribution in [3.05, 3.63) is 29.6 Å². The molecule has 1 saturated heterocycles. The number of aryl methyl sites for hydroxylation is 1. The molecule has 0 bridgehead atoms. The van der Waals surface area contributed by atoms with E-state index in [0.717, 1.165) is 31.7 Å². The van der Waals surface area contributed by atoms with Gasteiger partial charge in [0.05, 0.1) is 18.3 Å². The summed E-state index contributed by atoms with van der Waals surface area (Å²) in [5.41, 5.74) is 8.05. The maximum absolute atomic E-state index is 5.94. The number of guanidine groups is 1. The summed E-state index contributed by atoms with van der Waals surface area (Å²) in [4.78, 5) is 8.95. The molecule has 1 aliphatic rings. The summed E-state index contributed by atoms with van der Waals surface area (Å²) in [5, 5.41) is 3.15. The van der Waals surface area contributed by atoms with Gasteiger partial charge in [-0.2, -0.15) is 0 Å². The van der Waals surface area contributed by atoms with Crippen LogP contribution in [0.3, 0.4) is 0 Å². The minimum absolute atomic E-state index is 0.137. The Kier molecular flexibility index (Phi) is 5.17. The Morgan fingerprint density at radius 1 is 1.57 bits per heavy atom. The second-order valence-electron chi connectivity index (χ2n) is 6.27. The van der Waals surface area contributed by atoms with Crippen LogP contribution >= 0.6 is 0 Å². The highest BCUT2D eigenvalue weighted by molar-refractivity contribution is 5.77. The fourth-order valence-electron chi connectivity index (χ4n) is 2.63. The zero-order chi connectivity index (χ0) is 15.3. The van der Waals surface area contributed by atoms with Gasteiger partial charge < -0.3 is 15.8 Å². The molecule has 1 aromatic heterocycles. The van der Waals surface area contributed by atoms with E-state index in [9.17, 15) is 0 Å². The Hall–Kier alpha value is -1.62. The molecule has 0 spiro atoms. The van der Waals surface area contributed by atoms with Crippen molar-refractivity contribution in [3.63, 3.8) is 0 Å². The van der Waals surface area contributed by atoms with Gasteiger partial charge in [-0.15, -0.1) is 0 Å². The van der Waals surface area contributed by atoms with Crippen molar-refractivity contribution in [1.29, 1.82) is 0 Å². The minimum Gasteiger partial charge on any atom is -0.376 e. The highest BCUT2D eigenvalue weighted by atomic mass is 16.5. The first-order valence-corrected chi connectivity index (χ1v) is 7.56. The molecule has 2 heterocycles. The first kappa shape index (κ1) is 15.8. The molecule has 3 N–H and O–H groups in total. The van der Waals surface area contributed by atoms with E-state index in [0.29, 0.717) is 12.5 Å². The Balaban J connectivity index is 1.90. The number of ether oxygens (including phenoxy) is 1. The largest absolute Gasteiger partial charge is 0.376 e. The maximum atomic E-state index is 5.94. The molecule has 5 nitrogen and oxygen atoms in total. The monoisotopic (exact) mass is 290 g/mol. The van der Waals surface area contributed by atoms with Gasteiger partial charge in [-0.1, -0.05) is 19.9 Å². The maximum Gasteiger partial charge on any atom is 0.188 e. The smallest absolute Gasteiger partial charge is 0.188 e. The highest BCUT2D eigenvalue weighted by Gasteiger charge is 2.23. The van der Waals surface area contributed by atoms with Crippen molar-refractivity contribution in [2.75, 3.05) is 19.7 Å². The molecule has 1 aliphatic heterocycles. The van der Waals surface area contributed by atoms with Crippen molar-refractivity contribution in [1.82, 2.24) is 10.3 Å². The van der Waals surface area contributed by atoms with E-state index >= 15 is 0 Å². The molecular weight excluding hydrogens is 264 g/mol. The van der Waals surface area contributed by atoms with Crippen molar-refractivity contribution in [2.24, 2.45) is 10.7 Å². The molecule has 1 atom stereocenters. The second kappa shape index (κ2) is 6.89. The fraction of sp³-hybridized carbons (Fsp3) is 0.625. The lowest BCUT2D eigenvalue weighted by Crippen LogP contribution is -2.38. The van der Waals surface area contributed by atoms with Crippen LogP contribution in [0.1, 0.15) is 37.9 Å². The summed E-state index contributed by atoms with van der Waals surface area (Å²) >= 11 is 0. The lowest BCUT2D eigenvalue weighted by Gasteiger charge is -2.24. The van der Waals surface area contributed by atoms with Crippen molar-refractivity contribution >= 4 is 5.96 Å². The molecule has 1 fully saturated rings. The van der Waals surface area contributed by atoms with E-state index in [-0.39, 0.29) is 11.5 Å². The average Bonchev–Trinajstić information content (AvgIpc) is 2.96. The molecule has 2 rings (SSSR count). The van der Waals surface area contributed by atoms with E-state index < -0.39 is 0 Å². The van der Waals surface area contributed by atoms with Crippen LogP contribution in [0.2, 0.25) is 0 Å². The molecule has 21 heavy (non-hydrogen) atoms. The standard InChI is InChI=1S/C16H26N4O/c1-12-6-4-8-18-14(12)16(2,3)11-20-15(17)19-10-13-7-5-9-21-13/h4,6,8,13H,5,7,9-11H2,1-3H3,(H3,17,19,20). The van der Waals surface area contributed by atoms with Crippen molar-refractivity contribution < 1.29 is 4.74 Å². The third-order valence-electron chi connectivity index (χ3n) is 3.83. The molecule has 1 aromatic rings. The minimum atomic E-state index is -0.137. The van der Waals surface area contributed by atoms with Gasteiger partial charge in [-0.05, 0) is 31.4 Å². The van der Waals surface area contributed by atoms with Crippen LogP contribution in [0.5, 0.6) is 0 Å². The zero-order valence-corrected chi connectivity index (χ0v) is 13.2. The third kappa shape index (κ3) is 4.43. The van der Waals surface area contributed by atoms with E-state index in [1.54, 1.807) is 0 Å². The van der Waals surface area contributed by atoms with E-state index in [1.165, 1.54) is 5.56 Å². The topological polar surface area (TPSA) is 72.5 Å². The number of pyridine rings is 1. The van der Waals surface area contributed by atoms with Crippen LogP contribution in [0, 0.1) is 6.92 Å². The number of rotatable bonds is 5. The normalized spacial score (nSPS) is 19.8. The number of aliphatic imine (C=N–C) groups is 1. The number of nitrogens with zero attached hydrogens (tertiary/aromatic N) is 2. The van der Waals surface area contributed by atoms with Crippen molar-refractivity contribution in [2.45, 2.75) is 45.1 Å². The van der Waals surface area contributed by atoms with Gasteiger partial charge in [0.1, 0.15) is 0 Å². The Labute approximate surface area is 127 Å². The molecule has 0 amide bonds. The second-order valence-corrected chi connectivity index (χ2v) is 6.27. The number of aromatic nitrogens is 1. The first-order valence-electron chi connectivity index (χ1n) is 7.56.